The van der Waals surface area contributed by atoms with Crippen molar-refractivity contribution in [3.8, 4) is 0 Å². The molecule has 0 radical (unpaired) electrons. The molecule has 7 nitrogen and oxygen atoms in total. The lowest BCUT2D eigenvalue weighted by Gasteiger charge is -2.31. The van der Waals surface area contributed by atoms with E-state index in [0.29, 0.717) is 5.75 Å². The number of amides is 1. The van der Waals surface area contributed by atoms with Crippen molar-refractivity contribution < 1.29 is 9.53 Å². The fourth-order valence-corrected chi connectivity index (χ4v) is 5.86. The highest BCUT2D eigenvalue weighted by Crippen LogP contribution is 2.29. The van der Waals surface area contributed by atoms with Crippen molar-refractivity contribution in [3.05, 3.63) is 48.0 Å². The molecule has 5 rings (SSSR count). The maximum Gasteiger partial charge on any atom is 0.230 e. The second-order valence-electron chi connectivity index (χ2n) is 9.84. The molecule has 1 amide bonds. The van der Waals surface area contributed by atoms with Crippen molar-refractivity contribution in [2.75, 3.05) is 30.3 Å². The van der Waals surface area contributed by atoms with Gasteiger partial charge in [0, 0.05) is 19.7 Å². The number of fused-ring (bicyclic) bond motifs is 1. The van der Waals surface area contributed by atoms with Gasteiger partial charge in [-0.1, -0.05) is 61.2 Å². The Morgan fingerprint density at radius 1 is 1.14 bits per heavy atom. The van der Waals surface area contributed by atoms with Crippen molar-refractivity contribution in [1.29, 1.82) is 0 Å². The number of rotatable bonds is 8. The van der Waals surface area contributed by atoms with E-state index in [1.54, 1.807) is 0 Å². The Balaban J connectivity index is 1.26. The molecule has 2 aliphatic heterocycles. The minimum absolute atomic E-state index is 0.00421. The lowest BCUT2D eigenvalue weighted by atomic mass is 10.00. The summed E-state index contributed by atoms with van der Waals surface area (Å²) in [7, 11) is 0. The van der Waals surface area contributed by atoms with E-state index >= 15 is 0 Å². The summed E-state index contributed by atoms with van der Waals surface area (Å²) in [5, 5.41) is 15.4. The first kappa shape index (κ1) is 24.1. The molecule has 2 aliphatic rings. The van der Waals surface area contributed by atoms with Crippen LogP contribution >= 0.6 is 11.8 Å². The molecule has 2 saturated heterocycles. The van der Waals surface area contributed by atoms with Gasteiger partial charge in [-0.05, 0) is 54.9 Å². The Morgan fingerprint density at radius 2 is 1.94 bits per heavy atom. The molecule has 1 aromatic heterocycles. The fraction of sp³-hybridized carbons (Fsp3) is 0.519. The van der Waals surface area contributed by atoms with Crippen molar-refractivity contribution in [2.45, 2.75) is 63.4 Å². The molecule has 3 heterocycles. The Labute approximate surface area is 211 Å². The van der Waals surface area contributed by atoms with E-state index < -0.39 is 0 Å². The van der Waals surface area contributed by atoms with Crippen LogP contribution in [0.15, 0.2) is 47.6 Å². The molecule has 0 aliphatic carbocycles. The zero-order chi connectivity index (χ0) is 24.2. The third kappa shape index (κ3) is 5.64. The molecule has 2 fully saturated rings. The first-order valence-electron chi connectivity index (χ1n) is 12.8. The van der Waals surface area contributed by atoms with Crippen LogP contribution in [0.25, 0.3) is 10.8 Å². The van der Waals surface area contributed by atoms with E-state index in [1.807, 2.05) is 25.1 Å². The number of hydrogen-bond acceptors (Lipinski definition) is 6. The minimum atomic E-state index is -0.0788. The highest BCUT2D eigenvalue weighted by molar-refractivity contribution is 7.99. The van der Waals surface area contributed by atoms with E-state index in [1.165, 1.54) is 35.4 Å². The number of piperidine rings is 1. The monoisotopic (exact) mass is 493 g/mol. The van der Waals surface area contributed by atoms with Gasteiger partial charge in [0.1, 0.15) is 0 Å². The Kier molecular flexibility index (Phi) is 7.58. The van der Waals surface area contributed by atoms with Crippen LogP contribution < -0.4 is 10.2 Å². The first-order valence-corrected chi connectivity index (χ1v) is 13.8. The van der Waals surface area contributed by atoms with Crippen LogP contribution in [0.3, 0.4) is 0 Å². The Bertz CT molecular complexity index is 1150. The average molecular weight is 494 g/mol. The normalized spacial score (nSPS) is 19.8. The summed E-state index contributed by atoms with van der Waals surface area (Å²) in [6, 6.07) is 14.4. The molecule has 0 unspecified atom stereocenters. The van der Waals surface area contributed by atoms with Crippen molar-refractivity contribution in [2.24, 2.45) is 5.92 Å². The third-order valence-electron chi connectivity index (χ3n) is 7.17. The van der Waals surface area contributed by atoms with Crippen molar-refractivity contribution >= 4 is 34.4 Å². The summed E-state index contributed by atoms with van der Waals surface area (Å²) in [6.07, 6.45) is 4.68. The highest BCUT2D eigenvalue weighted by atomic mass is 32.2. The molecule has 3 aromatic rings. The average Bonchev–Trinajstić information content (AvgIpc) is 3.53. The van der Waals surface area contributed by atoms with Gasteiger partial charge in [-0.25, -0.2) is 0 Å². The standard InChI is InChI=1S/C27H35N5O2S/c1-19-12-14-31(15-13-19)26-29-30-27(32(26)17-22-9-6-16-34-22)35-18-25(33)28-20(2)23-11-5-8-21-7-3-4-10-24(21)23/h3-5,7-8,10-11,19-20,22H,6,9,12-18H2,1-2H3,(H,28,33)/t20-,22+/m1/s1. The van der Waals surface area contributed by atoms with Crippen LogP contribution in [0.5, 0.6) is 0 Å². The number of nitrogens with zero attached hydrogens (tertiary/aromatic N) is 4. The van der Waals surface area contributed by atoms with Crippen molar-refractivity contribution in [1.82, 2.24) is 20.1 Å². The molecule has 186 valence electrons. The van der Waals surface area contributed by atoms with Crippen LogP contribution in [0.2, 0.25) is 0 Å². The van der Waals surface area contributed by atoms with E-state index in [-0.39, 0.29) is 18.1 Å². The van der Waals surface area contributed by atoms with Crippen molar-refractivity contribution in [3.63, 3.8) is 0 Å². The topological polar surface area (TPSA) is 72.3 Å². The van der Waals surface area contributed by atoms with Gasteiger partial charge in [-0.15, -0.1) is 10.2 Å². The van der Waals surface area contributed by atoms with E-state index in [0.717, 1.165) is 61.7 Å². The van der Waals surface area contributed by atoms with Crippen LogP contribution in [0.4, 0.5) is 5.95 Å². The quantitative estimate of drug-likeness (QED) is 0.454. The smallest absolute Gasteiger partial charge is 0.230 e. The maximum absolute atomic E-state index is 12.9. The largest absolute Gasteiger partial charge is 0.376 e. The zero-order valence-corrected chi connectivity index (χ0v) is 21.5. The van der Waals surface area contributed by atoms with Gasteiger partial charge in [0.2, 0.25) is 11.9 Å². The van der Waals surface area contributed by atoms with E-state index in [2.05, 4.69) is 56.2 Å². The summed E-state index contributed by atoms with van der Waals surface area (Å²) >= 11 is 1.46. The van der Waals surface area contributed by atoms with Crippen LogP contribution in [-0.2, 0) is 16.1 Å². The SMILES string of the molecule is CC1CCN(c2nnc(SCC(=O)N[C@H](C)c3cccc4ccccc34)n2C[C@@H]2CCCO2)CC1. The van der Waals surface area contributed by atoms with Gasteiger partial charge < -0.3 is 15.0 Å². The minimum Gasteiger partial charge on any atom is -0.376 e. The second kappa shape index (κ2) is 11.0. The Morgan fingerprint density at radius 3 is 2.74 bits per heavy atom. The number of nitrogens with one attached hydrogen (secondary N) is 1. The first-order chi connectivity index (χ1) is 17.1. The molecule has 35 heavy (non-hydrogen) atoms. The zero-order valence-electron chi connectivity index (χ0n) is 20.7. The second-order valence-corrected chi connectivity index (χ2v) is 10.8. The number of thioether (sulfide) groups is 1. The number of carbonyl (C=O) groups excluding carboxylic acids is 1. The molecular formula is C27H35N5O2S. The van der Waals surface area contributed by atoms with Gasteiger partial charge >= 0.3 is 0 Å². The highest BCUT2D eigenvalue weighted by Gasteiger charge is 2.26. The molecule has 0 spiro atoms. The van der Waals surface area contributed by atoms with Crippen LogP contribution in [0, 0.1) is 5.92 Å². The molecule has 1 N–H and O–H groups in total. The van der Waals surface area contributed by atoms with Crippen LogP contribution in [0.1, 0.15) is 51.1 Å². The predicted molar refractivity (Wildman–Crippen MR) is 141 cm³/mol. The number of aromatic nitrogens is 3. The molecule has 0 bridgehead atoms. The lowest BCUT2D eigenvalue weighted by molar-refractivity contribution is -0.119. The molecule has 2 aromatic carbocycles. The number of hydrogen-bond donors (Lipinski definition) is 1. The lowest BCUT2D eigenvalue weighted by Crippen LogP contribution is -2.35. The summed E-state index contributed by atoms with van der Waals surface area (Å²) in [5.74, 6) is 1.97. The molecular weight excluding hydrogens is 458 g/mol. The number of anilines is 1. The van der Waals surface area contributed by atoms with Gasteiger partial charge in [-0.3, -0.25) is 9.36 Å². The summed E-state index contributed by atoms with van der Waals surface area (Å²) in [6.45, 7) is 7.91. The van der Waals surface area contributed by atoms with Gasteiger partial charge in [0.05, 0.1) is 24.4 Å². The summed E-state index contributed by atoms with van der Waals surface area (Å²) in [4.78, 5) is 15.3. The fourth-order valence-electron chi connectivity index (χ4n) is 5.10. The van der Waals surface area contributed by atoms with Gasteiger partial charge in [0.15, 0.2) is 5.16 Å². The maximum atomic E-state index is 12.9. The molecule has 0 saturated carbocycles. The molecule has 2 atom stereocenters. The predicted octanol–water partition coefficient (Wildman–Crippen LogP) is 4.82. The number of ether oxygens (including phenoxy) is 1. The third-order valence-corrected chi connectivity index (χ3v) is 8.14. The summed E-state index contributed by atoms with van der Waals surface area (Å²) in [5.41, 5.74) is 1.13. The summed E-state index contributed by atoms with van der Waals surface area (Å²) < 4.78 is 8.10. The Hall–Kier alpha value is -2.58. The number of carbonyl (C=O) groups is 1. The van der Waals surface area contributed by atoms with Gasteiger partial charge in [0.25, 0.3) is 0 Å². The molecule has 8 heteroatoms. The number of benzene rings is 2. The van der Waals surface area contributed by atoms with Crippen LogP contribution in [-0.4, -0.2) is 52.2 Å². The van der Waals surface area contributed by atoms with E-state index in [9.17, 15) is 4.79 Å². The van der Waals surface area contributed by atoms with Gasteiger partial charge in [-0.2, -0.15) is 0 Å². The van der Waals surface area contributed by atoms with E-state index in [4.69, 9.17) is 4.74 Å².